The third-order valence-corrected chi connectivity index (χ3v) is 2.91. The van der Waals surface area contributed by atoms with Crippen molar-refractivity contribution in [2.75, 3.05) is 0 Å². The molecule has 6 heteroatoms. The van der Waals surface area contributed by atoms with E-state index in [4.69, 9.17) is 4.74 Å². The van der Waals surface area contributed by atoms with Crippen LogP contribution < -0.4 is 4.74 Å². The summed E-state index contributed by atoms with van der Waals surface area (Å²) in [7, 11) is 0. The molecule has 0 aliphatic heterocycles. The molecule has 21 heavy (non-hydrogen) atoms. The zero-order valence-electron chi connectivity index (χ0n) is 11.4. The van der Waals surface area contributed by atoms with Crippen molar-refractivity contribution in [1.82, 2.24) is 0 Å². The lowest BCUT2D eigenvalue weighted by atomic mass is 10.1. The number of ketones is 1. The molecule has 0 saturated carbocycles. The normalized spacial score (nSPS) is 10.2. The van der Waals surface area contributed by atoms with Gasteiger partial charge in [0.15, 0.2) is 5.78 Å². The van der Waals surface area contributed by atoms with Crippen molar-refractivity contribution in [3.63, 3.8) is 0 Å². The molecule has 0 amide bonds. The van der Waals surface area contributed by atoms with Crippen LogP contribution in [0, 0.1) is 22.9 Å². The van der Waals surface area contributed by atoms with Crippen molar-refractivity contribution in [2.45, 2.75) is 13.8 Å². The summed E-state index contributed by atoms with van der Waals surface area (Å²) in [5, 5.41) is 11.0. The Bertz CT molecular complexity index is 728. The molecule has 0 fully saturated rings. The molecular formula is C15H12FNO4. The SMILES string of the molecule is CC(=O)c1ccc(Oc2ccc(F)cc2C)cc1[N+](=O)[O-]. The van der Waals surface area contributed by atoms with E-state index in [-0.39, 0.29) is 17.0 Å². The molecule has 0 spiro atoms. The molecule has 0 radical (unpaired) electrons. The molecule has 2 aromatic carbocycles. The van der Waals surface area contributed by atoms with Crippen LogP contribution in [0.5, 0.6) is 11.5 Å². The monoisotopic (exact) mass is 289 g/mol. The molecule has 0 N–H and O–H groups in total. The zero-order valence-corrected chi connectivity index (χ0v) is 11.4. The lowest BCUT2D eigenvalue weighted by Gasteiger charge is -2.09. The van der Waals surface area contributed by atoms with Crippen molar-refractivity contribution in [3.05, 3.63) is 63.5 Å². The van der Waals surface area contributed by atoms with Gasteiger partial charge in [-0.3, -0.25) is 14.9 Å². The number of carbonyl (C=O) groups is 1. The van der Waals surface area contributed by atoms with Gasteiger partial charge in [-0.05, 0) is 49.7 Å². The fourth-order valence-electron chi connectivity index (χ4n) is 1.88. The molecule has 0 aliphatic rings. The Kier molecular flexibility index (Phi) is 3.98. The van der Waals surface area contributed by atoms with Crippen LogP contribution in [0.25, 0.3) is 0 Å². The molecule has 0 saturated heterocycles. The van der Waals surface area contributed by atoms with Crippen LogP contribution in [0.15, 0.2) is 36.4 Å². The first-order chi connectivity index (χ1) is 9.88. The van der Waals surface area contributed by atoms with Gasteiger partial charge < -0.3 is 4.74 Å². The molecule has 0 bridgehead atoms. The summed E-state index contributed by atoms with van der Waals surface area (Å²) >= 11 is 0. The zero-order chi connectivity index (χ0) is 15.6. The number of carbonyl (C=O) groups excluding carboxylic acids is 1. The maximum absolute atomic E-state index is 13.0. The van der Waals surface area contributed by atoms with Gasteiger partial charge in [0.25, 0.3) is 5.69 Å². The van der Waals surface area contributed by atoms with Crippen molar-refractivity contribution in [3.8, 4) is 11.5 Å². The van der Waals surface area contributed by atoms with Crippen LogP contribution in [0.2, 0.25) is 0 Å². The Balaban J connectivity index is 2.39. The summed E-state index contributed by atoms with van der Waals surface area (Å²) in [5.74, 6) is -0.188. The van der Waals surface area contributed by atoms with Gasteiger partial charge in [0.2, 0.25) is 0 Å². The summed E-state index contributed by atoms with van der Waals surface area (Å²) in [5.41, 5.74) is 0.260. The summed E-state index contributed by atoms with van der Waals surface area (Å²) in [6.07, 6.45) is 0. The lowest BCUT2D eigenvalue weighted by Crippen LogP contribution is -2.00. The van der Waals surface area contributed by atoms with Crippen molar-refractivity contribution < 1.29 is 18.8 Å². The molecule has 0 aromatic heterocycles. The first kappa shape index (κ1) is 14.6. The van der Waals surface area contributed by atoms with Gasteiger partial charge in [-0.15, -0.1) is 0 Å². The van der Waals surface area contributed by atoms with E-state index >= 15 is 0 Å². The van der Waals surface area contributed by atoms with Gasteiger partial charge in [-0.2, -0.15) is 0 Å². The Morgan fingerprint density at radius 3 is 2.52 bits per heavy atom. The van der Waals surface area contributed by atoms with Crippen molar-refractivity contribution in [1.29, 1.82) is 0 Å². The Morgan fingerprint density at radius 2 is 1.95 bits per heavy atom. The van der Waals surface area contributed by atoms with E-state index < -0.39 is 16.5 Å². The number of rotatable bonds is 4. The summed E-state index contributed by atoms with van der Waals surface area (Å²) in [6.45, 7) is 2.92. The van der Waals surface area contributed by atoms with Crippen LogP contribution in [-0.4, -0.2) is 10.7 Å². The molecule has 5 nitrogen and oxygen atoms in total. The molecule has 0 heterocycles. The largest absolute Gasteiger partial charge is 0.457 e. The van der Waals surface area contributed by atoms with Gasteiger partial charge in [0.05, 0.1) is 16.6 Å². The average molecular weight is 289 g/mol. The summed E-state index contributed by atoms with van der Waals surface area (Å²) in [4.78, 5) is 21.7. The van der Waals surface area contributed by atoms with E-state index in [1.807, 2.05) is 0 Å². The number of ether oxygens (including phenoxy) is 1. The Labute approximate surface area is 120 Å². The quantitative estimate of drug-likeness (QED) is 0.484. The topological polar surface area (TPSA) is 69.4 Å². The third kappa shape index (κ3) is 3.22. The minimum atomic E-state index is -0.638. The highest BCUT2D eigenvalue weighted by Crippen LogP contribution is 2.30. The lowest BCUT2D eigenvalue weighted by molar-refractivity contribution is -0.385. The predicted octanol–water partition coefficient (Wildman–Crippen LogP) is 4.04. The smallest absolute Gasteiger partial charge is 0.283 e. The van der Waals surface area contributed by atoms with Crippen LogP contribution in [-0.2, 0) is 0 Å². The second-order valence-corrected chi connectivity index (χ2v) is 4.50. The molecule has 0 aliphatic carbocycles. The minimum Gasteiger partial charge on any atom is -0.457 e. The highest BCUT2D eigenvalue weighted by atomic mass is 19.1. The highest BCUT2D eigenvalue weighted by molar-refractivity contribution is 5.98. The maximum atomic E-state index is 13.0. The highest BCUT2D eigenvalue weighted by Gasteiger charge is 2.18. The summed E-state index contributed by atoms with van der Waals surface area (Å²) in [6, 6.07) is 7.96. The number of nitrogens with zero attached hydrogens (tertiary/aromatic N) is 1. The molecular weight excluding hydrogens is 277 g/mol. The number of benzene rings is 2. The maximum Gasteiger partial charge on any atom is 0.283 e. The molecule has 2 rings (SSSR count). The number of Topliss-reactive ketones (excluding diaryl/α,β-unsaturated/α-hetero) is 1. The van der Waals surface area contributed by atoms with Gasteiger partial charge in [-0.1, -0.05) is 0 Å². The molecule has 2 aromatic rings. The van der Waals surface area contributed by atoms with E-state index in [0.717, 1.165) is 0 Å². The Hall–Kier alpha value is -2.76. The minimum absolute atomic E-state index is 0.0168. The second-order valence-electron chi connectivity index (χ2n) is 4.50. The van der Waals surface area contributed by atoms with Crippen LogP contribution in [0.3, 0.4) is 0 Å². The number of nitro groups is 1. The average Bonchev–Trinajstić information content (AvgIpc) is 2.41. The number of nitro benzene ring substituents is 1. The molecule has 108 valence electrons. The number of hydrogen-bond donors (Lipinski definition) is 0. The van der Waals surface area contributed by atoms with Crippen LogP contribution in [0.1, 0.15) is 22.8 Å². The number of hydrogen-bond acceptors (Lipinski definition) is 4. The molecule has 0 atom stereocenters. The van der Waals surface area contributed by atoms with Crippen LogP contribution >= 0.6 is 0 Å². The van der Waals surface area contributed by atoms with E-state index in [1.165, 1.54) is 43.3 Å². The standard InChI is InChI=1S/C15H12FNO4/c1-9-7-11(16)3-6-15(9)21-12-4-5-13(10(2)18)14(8-12)17(19)20/h3-8H,1-2H3. The van der Waals surface area contributed by atoms with E-state index in [9.17, 15) is 19.3 Å². The molecule has 0 unspecified atom stereocenters. The summed E-state index contributed by atoms with van der Waals surface area (Å²) < 4.78 is 18.5. The Morgan fingerprint density at radius 1 is 1.24 bits per heavy atom. The fraction of sp³-hybridized carbons (Fsp3) is 0.133. The van der Waals surface area contributed by atoms with E-state index in [0.29, 0.717) is 11.3 Å². The van der Waals surface area contributed by atoms with Gasteiger partial charge >= 0.3 is 0 Å². The third-order valence-electron chi connectivity index (χ3n) is 2.91. The second kappa shape index (κ2) is 5.70. The predicted molar refractivity (Wildman–Crippen MR) is 74.3 cm³/mol. The van der Waals surface area contributed by atoms with Crippen molar-refractivity contribution >= 4 is 11.5 Å². The van der Waals surface area contributed by atoms with Crippen molar-refractivity contribution in [2.24, 2.45) is 0 Å². The van der Waals surface area contributed by atoms with Gasteiger partial charge in [-0.25, -0.2) is 4.39 Å². The number of aryl methyl sites for hydroxylation is 1. The first-order valence-electron chi connectivity index (χ1n) is 6.12. The van der Waals surface area contributed by atoms with E-state index in [2.05, 4.69) is 0 Å². The van der Waals surface area contributed by atoms with Gasteiger partial charge in [0, 0.05) is 0 Å². The fourth-order valence-corrected chi connectivity index (χ4v) is 1.88. The van der Waals surface area contributed by atoms with Crippen LogP contribution in [0.4, 0.5) is 10.1 Å². The number of halogens is 1. The van der Waals surface area contributed by atoms with Gasteiger partial charge in [0.1, 0.15) is 17.3 Å². The van der Waals surface area contributed by atoms with E-state index in [1.54, 1.807) is 6.92 Å². The first-order valence-corrected chi connectivity index (χ1v) is 6.12.